The van der Waals surface area contributed by atoms with Crippen LogP contribution in [0.3, 0.4) is 0 Å². The Hall–Kier alpha value is -0.980. The number of allylic oxidation sites excluding steroid dienone is 6. The molecule has 0 saturated carbocycles. The first-order chi connectivity index (χ1) is 16.0. The highest BCUT2D eigenvalue weighted by atomic mass is 16.5. The maximum atomic E-state index is 10.7. The van der Waals surface area contributed by atoms with E-state index in [0.29, 0.717) is 12.8 Å². The van der Waals surface area contributed by atoms with Gasteiger partial charge in [-0.1, -0.05) is 34.9 Å². The molecule has 1 rings (SSSR count). The van der Waals surface area contributed by atoms with Crippen LogP contribution in [0.2, 0.25) is 0 Å². The van der Waals surface area contributed by atoms with E-state index in [4.69, 9.17) is 4.74 Å². The van der Waals surface area contributed by atoms with E-state index < -0.39 is 29.0 Å². The van der Waals surface area contributed by atoms with Crippen molar-refractivity contribution in [3.05, 3.63) is 34.9 Å². The first-order valence-corrected chi connectivity index (χ1v) is 13.5. The summed E-state index contributed by atoms with van der Waals surface area (Å²) in [5, 5.41) is 40.7. The van der Waals surface area contributed by atoms with E-state index in [2.05, 4.69) is 39.0 Å². The fourth-order valence-corrected chi connectivity index (χ4v) is 4.50. The summed E-state index contributed by atoms with van der Waals surface area (Å²) >= 11 is 0. The molecule has 0 aromatic carbocycles. The molecular formula is C30H54O5. The number of hydrogen-bond donors (Lipinski definition) is 4. The molecule has 0 aromatic rings. The minimum absolute atomic E-state index is 0.222. The largest absolute Gasteiger partial charge is 0.390 e. The molecule has 5 heteroatoms. The Balaban J connectivity index is 2.31. The van der Waals surface area contributed by atoms with E-state index in [1.165, 1.54) is 16.7 Å². The molecule has 0 aliphatic carbocycles. The molecule has 1 saturated heterocycles. The molecule has 0 aromatic heterocycles. The Labute approximate surface area is 215 Å². The van der Waals surface area contributed by atoms with Crippen molar-refractivity contribution in [1.29, 1.82) is 0 Å². The van der Waals surface area contributed by atoms with Gasteiger partial charge in [0, 0.05) is 0 Å². The zero-order valence-corrected chi connectivity index (χ0v) is 23.7. The average Bonchev–Trinajstić information content (AvgIpc) is 3.16. The van der Waals surface area contributed by atoms with Gasteiger partial charge in [-0.3, -0.25) is 0 Å². The molecule has 4 atom stereocenters. The van der Waals surface area contributed by atoms with Crippen molar-refractivity contribution in [3.8, 4) is 0 Å². The van der Waals surface area contributed by atoms with E-state index in [-0.39, 0.29) is 6.10 Å². The van der Waals surface area contributed by atoms with Gasteiger partial charge in [0.2, 0.25) is 0 Å². The molecule has 0 radical (unpaired) electrons. The standard InChI is InChI=1S/C30H54O5/c1-22(14-11-15-24(3)16-18-25(31)28(4,5)33)12-9-10-13-23(2)17-19-26(32)30(8)21-20-27(35-30)29(6,7)34/h12-13,15,25-27,31-34H,9-11,14,16-21H2,1-8H3/t25-,26-,27-,30+/m0/s1. The normalized spacial score (nSPS) is 24.7. The second-order valence-electron chi connectivity index (χ2n) is 12.1. The summed E-state index contributed by atoms with van der Waals surface area (Å²) in [5.41, 5.74) is 1.44. The van der Waals surface area contributed by atoms with Crippen LogP contribution in [0, 0.1) is 0 Å². The Kier molecular flexibility index (Phi) is 12.9. The van der Waals surface area contributed by atoms with Crippen molar-refractivity contribution in [2.75, 3.05) is 0 Å². The van der Waals surface area contributed by atoms with E-state index in [1.54, 1.807) is 27.7 Å². The van der Waals surface area contributed by atoms with Crippen LogP contribution in [0.5, 0.6) is 0 Å². The van der Waals surface area contributed by atoms with Crippen molar-refractivity contribution < 1.29 is 25.2 Å². The van der Waals surface area contributed by atoms with E-state index in [1.807, 2.05) is 6.92 Å². The Morgan fingerprint density at radius 2 is 1.34 bits per heavy atom. The van der Waals surface area contributed by atoms with Crippen LogP contribution in [-0.4, -0.2) is 55.5 Å². The molecule has 0 spiro atoms. The highest BCUT2D eigenvalue weighted by Crippen LogP contribution is 2.38. The fourth-order valence-electron chi connectivity index (χ4n) is 4.50. The van der Waals surface area contributed by atoms with Crippen LogP contribution in [0.25, 0.3) is 0 Å². The van der Waals surface area contributed by atoms with Gasteiger partial charge in [0.1, 0.15) is 0 Å². The van der Waals surface area contributed by atoms with Crippen molar-refractivity contribution in [3.63, 3.8) is 0 Å². The van der Waals surface area contributed by atoms with E-state index in [0.717, 1.165) is 51.4 Å². The second kappa shape index (κ2) is 14.1. The summed E-state index contributed by atoms with van der Waals surface area (Å²) in [7, 11) is 0. The molecule has 0 amide bonds. The molecule has 204 valence electrons. The Morgan fingerprint density at radius 1 is 0.857 bits per heavy atom. The van der Waals surface area contributed by atoms with Gasteiger partial charge in [0.25, 0.3) is 0 Å². The Bertz CT molecular complexity index is 722. The summed E-state index contributed by atoms with van der Waals surface area (Å²) < 4.78 is 6.06. The van der Waals surface area contributed by atoms with Crippen LogP contribution >= 0.6 is 0 Å². The van der Waals surface area contributed by atoms with E-state index in [9.17, 15) is 20.4 Å². The maximum Gasteiger partial charge on any atom is 0.0918 e. The minimum Gasteiger partial charge on any atom is -0.390 e. The lowest BCUT2D eigenvalue weighted by molar-refractivity contribution is -0.153. The third-order valence-corrected chi connectivity index (χ3v) is 7.43. The van der Waals surface area contributed by atoms with Crippen molar-refractivity contribution in [2.24, 2.45) is 0 Å². The van der Waals surface area contributed by atoms with Gasteiger partial charge in [-0.05, 0) is 120 Å². The number of aliphatic hydroxyl groups is 4. The van der Waals surface area contributed by atoms with Crippen LogP contribution in [0.15, 0.2) is 34.9 Å². The van der Waals surface area contributed by atoms with Crippen LogP contribution in [0.1, 0.15) is 120 Å². The zero-order chi connectivity index (χ0) is 26.9. The number of aliphatic hydroxyl groups excluding tert-OH is 2. The minimum atomic E-state index is -1.05. The predicted molar refractivity (Wildman–Crippen MR) is 145 cm³/mol. The Morgan fingerprint density at radius 3 is 1.83 bits per heavy atom. The van der Waals surface area contributed by atoms with Crippen LogP contribution in [-0.2, 0) is 4.74 Å². The number of hydrogen-bond acceptors (Lipinski definition) is 5. The maximum absolute atomic E-state index is 10.7. The summed E-state index contributed by atoms with van der Waals surface area (Å²) in [5.74, 6) is 0. The van der Waals surface area contributed by atoms with E-state index >= 15 is 0 Å². The first kappa shape index (κ1) is 32.0. The van der Waals surface area contributed by atoms with Gasteiger partial charge in [-0.15, -0.1) is 0 Å². The third kappa shape index (κ3) is 12.2. The number of unbranched alkanes of at least 4 members (excludes halogenated alkanes) is 1. The van der Waals surface area contributed by atoms with Crippen molar-refractivity contribution in [2.45, 2.75) is 155 Å². The smallest absolute Gasteiger partial charge is 0.0918 e. The van der Waals surface area contributed by atoms with Crippen molar-refractivity contribution >= 4 is 0 Å². The predicted octanol–water partition coefficient (Wildman–Crippen LogP) is 6.15. The van der Waals surface area contributed by atoms with Gasteiger partial charge in [0.05, 0.1) is 35.1 Å². The third-order valence-electron chi connectivity index (χ3n) is 7.43. The lowest BCUT2D eigenvalue weighted by atomic mass is 9.90. The highest BCUT2D eigenvalue weighted by molar-refractivity contribution is 5.06. The van der Waals surface area contributed by atoms with Crippen molar-refractivity contribution in [1.82, 2.24) is 0 Å². The first-order valence-electron chi connectivity index (χ1n) is 13.5. The summed E-state index contributed by atoms with van der Waals surface area (Å²) in [4.78, 5) is 0. The fraction of sp³-hybridized carbons (Fsp3) is 0.800. The summed E-state index contributed by atoms with van der Waals surface area (Å²) in [6, 6.07) is 0. The summed E-state index contributed by atoms with van der Waals surface area (Å²) in [6.07, 6.45) is 13.9. The SMILES string of the molecule is CC(=CCCC=C(C)CC[C@H](O)[C@@]1(C)CC[C@@H](C(C)(C)O)O1)CCC=C(C)CC[C@H](O)C(C)(C)O. The second-order valence-corrected chi connectivity index (χ2v) is 12.1. The highest BCUT2D eigenvalue weighted by Gasteiger charge is 2.46. The molecule has 1 aliphatic rings. The lowest BCUT2D eigenvalue weighted by Crippen LogP contribution is -2.43. The molecule has 35 heavy (non-hydrogen) atoms. The molecular weight excluding hydrogens is 440 g/mol. The van der Waals surface area contributed by atoms with Crippen LogP contribution < -0.4 is 0 Å². The average molecular weight is 495 g/mol. The number of rotatable bonds is 15. The monoisotopic (exact) mass is 494 g/mol. The molecule has 0 bridgehead atoms. The molecule has 1 fully saturated rings. The van der Waals surface area contributed by atoms with Gasteiger partial charge in [0.15, 0.2) is 0 Å². The van der Waals surface area contributed by atoms with Crippen LogP contribution in [0.4, 0.5) is 0 Å². The van der Waals surface area contributed by atoms with Gasteiger partial charge in [-0.2, -0.15) is 0 Å². The lowest BCUT2D eigenvalue weighted by Gasteiger charge is -2.33. The quantitative estimate of drug-likeness (QED) is 0.162. The topological polar surface area (TPSA) is 90.2 Å². The number of ether oxygens (including phenoxy) is 1. The molecule has 4 N–H and O–H groups in total. The van der Waals surface area contributed by atoms with Gasteiger partial charge in [-0.25, -0.2) is 0 Å². The zero-order valence-electron chi connectivity index (χ0n) is 23.7. The van der Waals surface area contributed by atoms with Gasteiger partial charge >= 0.3 is 0 Å². The molecule has 0 unspecified atom stereocenters. The molecule has 5 nitrogen and oxygen atoms in total. The summed E-state index contributed by atoms with van der Waals surface area (Å²) in [6.45, 7) is 15.2. The van der Waals surface area contributed by atoms with Gasteiger partial charge < -0.3 is 25.2 Å². The molecule has 1 heterocycles. The molecule has 1 aliphatic heterocycles.